The summed E-state index contributed by atoms with van der Waals surface area (Å²) < 4.78 is 13.6. The molecule has 2 aliphatic heterocycles. The van der Waals surface area contributed by atoms with Crippen LogP contribution in [0.2, 0.25) is 4.47 Å². The summed E-state index contributed by atoms with van der Waals surface area (Å²) in [4.78, 5) is 20.9. The number of aliphatic hydroxyl groups is 1. The average molecular weight is 396 g/mol. The number of amides is 1. The van der Waals surface area contributed by atoms with Gasteiger partial charge in [0.1, 0.15) is 11.4 Å². The Morgan fingerprint density at radius 2 is 2.08 bits per heavy atom. The summed E-state index contributed by atoms with van der Waals surface area (Å²) in [5.74, 6) is -0.870. The maximum Gasteiger partial charge on any atom is 0.266 e. The first-order valence-electron chi connectivity index (χ1n) is 7.25. The van der Waals surface area contributed by atoms with Crippen LogP contribution in [0.15, 0.2) is 48.0 Å². The van der Waals surface area contributed by atoms with Crippen LogP contribution in [0.4, 0.5) is 4.39 Å². The highest BCUT2D eigenvalue weighted by molar-refractivity contribution is 8.02. The number of aliphatic hydroxyl groups excluding tert-OH is 1. The summed E-state index contributed by atoms with van der Waals surface area (Å²) in [5, 5.41) is 12.6. The first-order valence-corrected chi connectivity index (χ1v) is 9.39. The van der Waals surface area contributed by atoms with E-state index >= 15 is 0 Å². The largest absolute Gasteiger partial charge is 0.494 e. The SMILES string of the molecule is O=C1C(c2ccc(F)cc2)=C(O)N(Cc2cnc(Cl)s2)C2SC=CN12. The zero-order valence-electron chi connectivity index (χ0n) is 12.6. The number of thiazole rings is 1. The molecule has 1 amide bonds. The topological polar surface area (TPSA) is 56.7 Å². The minimum Gasteiger partial charge on any atom is -0.494 e. The second-order valence-corrected chi connectivity index (χ2v) is 8.04. The van der Waals surface area contributed by atoms with Crippen LogP contribution in [0, 0.1) is 5.82 Å². The number of rotatable bonds is 3. The Kier molecular flexibility index (Phi) is 4.18. The van der Waals surface area contributed by atoms with Gasteiger partial charge in [-0.1, -0.05) is 35.5 Å². The highest BCUT2D eigenvalue weighted by atomic mass is 35.5. The minimum absolute atomic E-state index is 0.138. The fourth-order valence-corrected chi connectivity index (χ4v) is 4.66. The Labute approximate surface area is 156 Å². The molecule has 3 heterocycles. The lowest BCUT2D eigenvalue weighted by atomic mass is 10.0. The van der Waals surface area contributed by atoms with Gasteiger partial charge in [-0.2, -0.15) is 0 Å². The molecule has 4 rings (SSSR count). The molecule has 0 saturated carbocycles. The molecule has 0 spiro atoms. The van der Waals surface area contributed by atoms with Gasteiger partial charge in [0.25, 0.3) is 5.91 Å². The molecule has 1 unspecified atom stereocenters. The summed E-state index contributed by atoms with van der Waals surface area (Å²) in [6, 6.07) is 5.48. The molecule has 2 aromatic rings. The summed E-state index contributed by atoms with van der Waals surface area (Å²) in [7, 11) is 0. The molecule has 1 N–H and O–H groups in total. The molecule has 1 aromatic heterocycles. The number of benzene rings is 1. The van der Waals surface area contributed by atoms with E-state index in [4.69, 9.17) is 11.6 Å². The molecular weight excluding hydrogens is 385 g/mol. The van der Waals surface area contributed by atoms with E-state index in [2.05, 4.69) is 4.98 Å². The lowest BCUT2D eigenvalue weighted by Gasteiger charge is -2.39. The zero-order chi connectivity index (χ0) is 17.6. The van der Waals surface area contributed by atoms with E-state index in [0.717, 1.165) is 4.88 Å². The van der Waals surface area contributed by atoms with Gasteiger partial charge in [0, 0.05) is 17.3 Å². The molecule has 1 atom stereocenters. The molecule has 0 radical (unpaired) electrons. The molecule has 0 fully saturated rings. The number of thioether (sulfide) groups is 1. The number of hydrogen-bond acceptors (Lipinski definition) is 6. The molecule has 0 bridgehead atoms. The fourth-order valence-electron chi connectivity index (χ4n) is 2.72. The van der Waals surface area contributed by atoms with Crippen molar-refractivity contribution in [2.45, 2.75) is 12.0 Å². The van der Waals surface area contributed by atoms with Crippen LogP contribution < -0.4 is 0 Å². The van der Waals surface area contributed by atoms with Gasteiger partial charge in [-0.05, 0) is 23.1 Å². The van der Waals surface area contributed by atoms with Gasteiger partial charge in [-0.25, -0.2) is 9.37 Å². The van der Waals surface area contributed by atoms with E-state index in [1.165, 1.54) is 47.4 Å². The Morgan fingerprint density at radius 3 is 2.76 bits per heavy atom. The highest BCUT2D eigenvalue weighted by Gasteiger charge is 2.41. The number of halogens is 2. The van der Waals surface area contributed by atoms with E-state index in [0.29, 0.717) is 16.6 Å². The quantitative estimate of drug-likeness (QED) is 0.851. The Balaban J connectivity index is 1.78. The molecular formula is C16H11ClFN3O2S2. The van der Waals surface area contributed by atoms with E-state index in [1.54, 1.807) is 27.6 Å². The number of fused-ring (bicyclic) bond motifs is 1. The second kappa shape index (κ2) is 6.36. The maximum atomic E-state index is 13.2. The van der Waals surface area contributed by atoms with E-state index in [-0.39, 0.29) is 22.9 Å². The van der Waals surface area contributed by atoms with Crippen LogP contribution >= 0.6 is 34.7 Å². The lowest BCUT2D eigenvalue weighted by Crippen LogP contribution is -2.48. The van der Waals surface area contributed by atoms with Gasteiger partial charge < -0.3 is 10.0 Å². The fraction of sp³-hybridized carbons (Fsp3) is 0.125. The molecule has 5 nitrogen and oxygen atoms in total. The van der Waals surface area contributed by atoms with Crippen molar-refractivity contribution in [1.82, 2.24) is 14.8 Å². The monoisotopic (exact) mass is 395 g/mol. The first kappa shape index (κ1) is 16.4. The van der Waals surface area contributed by atoms with Crippen molar-refractivity contribution in [3.8, 4) is 0 Å². The van der Waals surface area contributed by atoms with Crippen LogP contribution in [0.1, 0.15) is 10.4 Å². The van der Waals surface area contributed by atoms with Crippen LogP contribution in [0.25, 0.3) is 5.57 Å². The summed E-state index contributed by atoms with van der Waals surface area (Å²) >= 11 is 8.61. The van der Waals surface area contributed by atoms with E-state index in [9.17, 15) is 14.3 Å². The molecule has 0 saturated heterocycles. The molecule has 0 aliphatic carbocycles. The van der Waals surface area contributed by atoms with Gasteiger partial charge in [-0.15, -0.1) is 11.3 Å². The number of carbonyl (C=O) groups is 1. The van der Waals surface area contributed by atoms with Crippen LogP contribution in [0.5, 0.6) is 0 Å². The molecule has 2 aliphatic rings. The number of aromatic nitrogens is 1. The van der Waals surface area contributed by atoms with Gasteiger partial charge >= 0.3 is 0 Å². The molecule has 9 heteroatoms. The Hall–Kier alpha value is -2.03. The highest BCUT2D eigenvalue weighted by Crippen LogP contribution is 2.40. The van der Waals surface area contributed by atoms with Crippen LogP contribution in [-0.2, 0) is 11.3 Å². The molecule has 25 heavy (non-hydrogen) atoms. The van der Waals surface area contributed by atoms with Crippen LogP contribution in [-0.4, -0.2) is 31.3 Å². The first-order chi connectivity index (χ1) is 12.0. The summed E-state index contributed by atoms with van der Waals surface area (Å²) in [6.07, 6.45) is 3.33. The average Bonchev–Trinajstić information content (AvgIpc) is 3.22. The predicted molar refractivity (Wildman–Crippen MR) is 96.0 cm³/mol. The molecule has 1 aromatic carbocycles. The predicted octanol–water partition coefficient (Wildman–Crippen LogP) is 4.01. The van der Waals surface area contributed by atoms with Gasteiger partial charge in [0.2, 0.25) is 5.88 Å². The third-order valence-corrected chi connectivity index (χ3v) is 5.96. The standard InChI is InChI=1S/C16H11ClFN3O2S2/c17-15-19-7-11(25-15)8-21-14(23)12(9-1-3-10(18)4-2-9)13(22)20-5-6-24-16(20)21/h1-7,16,23H,8H2. The summed E-state index contributed by atoms with van der Waals surface area (Å²) in [6.45, 7) is 0.351. The zero-order valence-corrected chi connectivity index (χ0v) is 15.0. The third kappa shape index (κ3) is 2.90. The number of nitrogens with zero attached hydrogens (tertiary/aromatic N) is 3. The van der Waals surface area contributed by atoms with Crippen molar-refractivity contribution in [2.75, 3.05) is 0 Å². The van der Waals surface area contributed by atoms with Crippen molar-refractivity contribution < 1.29 is 14.3 Å². The molecule has 128 valence electrons. The van der Waals surface area contributed by atoms with Crippen molar-refractivity contribution in [2.24, 2.45) is 0 Å². The van der Waals surface area contributed by atoms with E-state index < -0.39 is 5.82 Å². The normalized spacial score (nSPS) is 19.8. The Bertz CT molecular complexity index is 897. The van der Waals surface area contributed by atoms with Crippen molar-refractivity contribution in [1.29, 1.82) is 0 Å². The van der Waals surface area contributed by atoms with Gasteiger partial charge in [-0.3, -0.25) is 9.69 Å². The number of carbonyl (C=O) groups excluding carboxylic acids is 1. The van der Waals surface area contributed by atoms with E-state index in [1.807, 2.05) is 0 Å². The maximum absolute atomic E-state index is 13.2. The van der Waals surface area contributed by atoms with Crippen molar-refractivity contribution in [3.63, 3.8) is 0 Å². The smallest absolute Gasteiger partial charge is 0.266 e. The summed E-state index contributed by atoms with van der Waals surface area (Å²) in [5.41, 5.74) is 0.219. The minimum atomic E-state index is -0.405. The van der Waals surface area contributed by atoms with Crippen molar-refractivity contribution in [3.05, 3.63) is 68.7 Å². The third-order valence-electron chi connectivity index (χ3n) is 3.85. The second-order valence-electron chi connectivity index (χ2n) is 5.37. The van der Waals surface area contributed by atoms with Gasteiger partial charge in [0.15, 0.2) is 9.96 Å². The van der Waals surface area contributed by atoms with Crippen LogP contribution in [0.3, 0.4) is 0 Å². The van der Waals surface area contributed by atoms with Gasteiger partial charge in [0.05, 0.1) is 6.54 Å². The number of hydrogen-bond donors (Lipinski definition) is 1. The van der Waals surface area contributed by atoms with Crippen molar-refractivity contribution >= 4 is 46.2 Å². The lowest BCUT2D eigenvalue weighted by molar-refractivity contribution is -0.127. The Morgan fingerprint density at radius 1 is 1.32 bits per heavy atom.